The van der Waals surface area contributed by atoms with Gasteiger partial charge in [0.25, 0.3) is 5.91 Å². The lowest BCUT2D eigenvalue weighted by atomic mass is 10.1. The third kappa shape index (κ3) is 3.63. The highest BCUT2D eigenvalue weighted by molar-refractivity contribution is 7.89. The predicted octanol–water partition coefficient (Wildman–Crippen LogP) is 1.90. The third-order valence-corrected chi connectivity index (χ3v) is 4.00. The molecule has 1 amide bonds. The molecule has 6 nitrogen and oxygen atoms in total. The number of rotatable bonds is 4. The first kappa shape index (κ1) is 16.0. The molecule has 116 valence electrons. The Hall–Kier alpha value is -2.38. The first-order chi connectivity index (χ1) is 10.3. The molecule has 2 aromatic rings. The number of benzene rings is 2. The van der Waals surface area contributed by atoms with Crippen LogP contribution in [0.4, 0.5) is 5.69 Å². The van der Waals surface area contributed by atoms with Gasteiger partial charge in [-0.3, -0.25) is 4.79 Å². The molecule has 3 N–H and O–H groups in total. The van der Waals surface area contributed by atoms with Gasteiger partial charge in [0, 0.05) is 11.3 Å². The number of carbonyl (C=O) groups is 1. The molecule has 0 aliphatic heterocycles. The Balaban J connectivity index is 2.26. The van der Waals surface area contributed by atoms with Crippen molar-refractivity contribution in [3.63, 3.8) is 0 Å². The van der Waals surface area contributed by atoms with E-state index in [1.807, 2.05) is 6.92 Å². The summed E-state index contributed by atoms with van der Waals surface area (Å²) >= 11 is 0. The average molecular weight is 320 g/mol. The highest BCUT2D eigenvalue weighted by Gasteiger charge is 2.12. The van der Waals surface area contributed by atoms with Gasteiger partial charge in [0.1, 0.15) is 5.75 Å². The quantitative estimate of drug-likeness (QED) is 0.899. The van der Waals surface area contributed by atoms with Gasteiger partial charge >= 0.3 is 0 Å². The molecule has 0 aliphatic carbocycles. The molecule has 0 saturated carbocycles. The highest BCUT2D eigenvalue weighted by atomic mass is 32.2. The smallest absolute Gasteiger partial charge is 0.255 e. The Bertz CT molecular complexity index is 816. The van der Waals surface area contributed by atoms with E-state index in [1.165, 1.54) is 25.3 Å². The largest absolute Gasteiger partial charge is 0.496 e. The Labute approximate surface area is 129 Å². The fourth-order valence-corrected chi connectivity index (χ4v) is 2.47. The SMILES string of the molecule is COc1cc(C(=O)Nc2cccc(S(N)(=O)=O)c2)ccc1C. The minimum Gasteiger partial charge on any atom is -0.496 e. The lowest BCUT2D eigenvalue weighted by Gasteiger charge is -2.09. The van der Waals surface area contributed by atoms with Gasteiger partial charge in [-0.1, -0.05) is 12.1 Å². The van der Waals surface area contributed by atoms with Crippen LogP contribution in [0, 0.1) is 6.92 Å². The van der Waals surface area contributed by atoms with Gasteiger partial charge in [0.05, 0.1) is 12.0 Å². The van der Waals surface area contributed by atoms with Crippen molar-refractivity contribution in [1.82, 2.24) is 0 Å². The molecule has 2 rings (SSSR count). The molecule has 0 aliphatic rings. The van der Waals surface area contributed by atoms with Gasteiger partial charge in [0.15, 0.2) is 0 Å². The van der Waals surface area contributed by atoms with Crippen molar-refractivity contribution in [2.45, 2.75) is 11.8 Å². The predicted molar refractivity (Wildman–Crippen MR) is 83.5 cm³/mol. The van der Waals surface area contributed by atoms with Crippen LogP contribution in [-0.2, 0) is 10.0 Å². The molecule has 0 aromatic heterocycles. The Kier molecular flexibility index (Phi) is 4.48. The molecule has 0 spiro atoms. The standard InChI is InChI=1S/C15H16N2O4S/c1-10-6-7-11(8-14(10)21-2)15(18)17-12-4-3-5-13(9-12)22(16,19)20/h3-9H,1-2H3,(H,17,18)(H2,16,19,20). The maximum Gasteiger partial charge on any atom is 0.255 e. The molecule has 22 heavy (non-hydrogen) atoms. The van der Waals surface area contributed by atoms with Crippen LogP contribution in [0.2, 0.25) is 0 Å². The average Bonchev–Trinajstić information content (AvgIpc) is 2.47. The molecule has 0 unspecified atom stereocenters. The molecule has 0 heterocycles. The minimum absolute atomic E-state index is 0.0632. The maximum atomic E-state index is 12.2. The van der Waals surface area contributed by atoms with Crippen molar-refractivity contribution in [3.8, 4) is 5.75 Å². The van der Waals surface area contributed by atoms with Crippen molar-refractivity contribution < 1.29 is 17.9 Å². The maximum absolute atomic E-state index is 12.2. The Morgan fingerprint density at radius 1 is 1.18 bits per heavy atom. The zero-order valence-corrected chi connectivity index (χ0v) is 13.0. The van der Waals surface area contributed by atoms with E-state index in [0.29, 0.717) is 17.0 Å². The Morgan fingerprint density at radius 3 is 2.55 bits per heavy atom. The molecular formula is C15H16N2O4S. The van der Waals surface area contributed by atoms with Crippen LogP contribution in [0.15, 0.2) is 47.4 Å². The van der Waals surface area contributed by atoms with Crippen LogP contribution in [0.3, 0.4) is 0 Å². The number of aryl methyl sites for hydroxylation is 1. The minimum atomic E-state index is -3.81. The third-order valence-electron chi connectivity index (χ3n) is 3.09. The van der Waals surface area contributed by atoms with Crippen LogP contribution in [0.1, 0.15) is 15.9 Å². The number of nitrogens with two attached hydrogens (primary N) is 1. The second-order valence-corrected chi connectivity index (χ2v) is 6.27. The first-order valence-electron chi connectivity index (χ1n) is 6.40. The van der Waals surface area contributed by atoms with Gasteiger partial charge in [-0.15, -0.1) is 0 Å². The molecular weight excluding hydrogens is 304 g/mol. The number of amides is 1. The van der Waals surface area contributed by atoms with Crippen molar-refractivity contribution in [1.29, 1.82) is 0 Å². The summed E-state index contributed by atoms with van der Waals surface area (Å²) in [6, 6.07) is 10.8. The van der Waals surface area contributed by atoms with E-state index in [0.717, 1.165) is 5.56 Å². The summed E-state index contributed by atoms with van der Waals surface area (Å²) in [7, 11) is -2.29. The number of carbonyl (C=O) groups excluding carboxylic acids is 1. The number of nitrogens with one attached hydrogen (secondary N) is 1. The second-order valence-electron chi connectivity index (χ2n) is 4.71. The topological polar surface area (TPSA) is 98.5 Å². The summed E-state index contributed by atoms with van der Waals surface area (Å²) in [4.78, 5) is 12.1. The van der Waals surface area contributed by atoms with E-state index < -0.39 is 10.0 Å². The monoisotopic (exact) mass is 320 g/mol. The van der Waals surface area contributed by atoms with Gasteiger partial charge in [0.2, 0.25) is 10.0 Å². The van der Waals surface area contributed by atoms with Crippen LogP contribution in [0.5, 0.6) is 5.75 Å². The Morgan fingerprint density at radius 2 is 1.91 bits per heavy atom. The molecule has 0 radical (unpaired) electrons. The zero-order valence-electron chi connectivity index (χ0n) is 12.2. The number of methoxy groups -OCH3 is 1. The fraction of sp³-hybridized carbons (Fsp3) is 0.133. The first-order valence-corrected chi connectivity index (χ1v) is 7.95. The van der Waals surface area contributed by atoms with Crippen LogP contribution in [-0.4, -0.2) is 21.4 Å². The van der Waals surface area contributed by atoms with Crippen molar-refractivity contribution >= 4 is 21.6 Å². The normalized spacial score (nSPS) is 11.0. The van der Waals surface area contributed by atoms with Crippen molar-refractivity contribution in [2.75, 3.05) is 12.4 Å². The molecule has 0 saturated heterocycles. The van der Waals surface area contributed by atoms with E-state index in [2.05, 4.69) is 5.32 Å². The van der Waals surface area contributed by atoms with Crippen molar-refractivity contribution in [3.05, 3.63) is 53.6 Å². The van der Waals surface area contributed by atoms with E-state index in [-0.39, 0.29) is 10.8 Å². The highest BCUT2D eigenvalue weighted by Crippen LogP contribution is 2.20. The lowest BCUT2D eigenvalue weighted by Crippen LogP contribution is -2.15. The van der Waals surface area contributed by atoms with Gasteiger partial charge in [-0.05, 0) is 42.8 Å². The zero-order chi connectivity index (χ0) is 16.3. The van der Waals surface area contributed by atoms with E-state index in [1.54, 1.807) is 24.3 Å². The second kappa shape index (κ2) is 6.17. The van der Waals surface area contributed by atoms with E-state index in [9.17, 15) is 13.2 Å². The van der Waals surface area contributed by atoms with E-state index in [4.69, 9.17) is 9.88 Å². The van der Waals surface area contributed by atoms with Crippen molar-refractivity contribution in [2.24, 2.45) is 5.14 Å². The number of hydrogen-bond acceptors (Lipinski definition) is 4. The summed E-state index contributed by atoms with van der Waals surface area (Å²) in [5.41, 5.74) is 1.66. The summed E-state index contributed by atoms with van der Waals surface area (Å²) in [5, 5.41) is 7.69. The van der Waals surface area contributed by atoms with Crippen LogP contribution >= 0.6 is 0 Å². The summed E-state index contributed by atoms with van der Waals surface area (Å²) in [6.07, 6.45) is 0. The molecule has 0 bridgehead atoms. The number of ether oxygens (including phenoxy) is 1. The lowest BCUT2D eigenvalue weighted by molar-refractivity contribution is 0.102. The molecule has 0 atom stereocenters. The number of primary sulfonamides is 1. The van der Waals surface area contributed by atoms with Gasteiger partial charge < -0.3 is 10.1 Å². The fourth-order valence-electron chi connectivity index (χ4n) is 1.92. The van der Waals surface area contributed by atoms with Gasteiger partial charge in [-0.25, -0.2) is 13.6 Å². The van der Waals surface area contributed by atoms with Crippen LogP contribution < -0.4 is 15.2 Å². The summed E-state index contributed by atoms with van der Waals surface area (Å²) in [6.45, 7) is 1.87. The summed E-state index contributed by atoms with van der Waals surface area (Å²) in [5.74, 6) is 0.232. The molecule has 7 heteroatoms. The van der Waals surface area contributed by atoms with Crippen LogP contribution in [0.25, 0.3) is 0 Å². The number of anilines is 1. The summed E-state index contributed by atoms with van der Waals surface area (Å²) < 4.78 is 27.8. The van der Waals surface area contributed by atoms with Gasteiger partial charge in [-0.2, -0.15) is 0 Å². The number of hydrogen-bond donors (Lipinski definition) is 2. The molecule has 0 fully saturated rings. The van der Waals surface area contributed by atoms with E-state index >= 15 is 0 Å². The number of sulfonamides is 1. The molecule has 2 aromatic carbocycles.